The van der Waals surface area contributed by atoms with Crippen LogP contribution >= 0.6 is 0 Å². The number of carbonyl (C=O) groups excluding carboxylic acids is 1. The quantitative estimate of drug-likeness (QED) is 0.703. The van der Waals surface area contributed by atoms with Crippen LogP contribution < -0.4 is 11.2 Å². The number of hydrogen-bond donors (Lipinski definition) is 1. The molecule has 1 aromatic heterocycles. The molecule has 0 aromatic carbocycles. The zero-order chi connectivity index (χ0) is 11.3. The highest BCUT2D eigenvalue weighted by molar-refractivity contribution is 5.68. The van der Waals surface area contributed by atoms with Gasteiger partial charge in [0.2, 0.25) is 0 Å². The van der Waals surface area contributed by atoms with E-state index in [1.165, 1.54) is 12.3 Å². The third-order valence-corrected chi connectivity index (χ3v) is 1.72. The number of nitrogens with zero attached hydrogens (tertiary/aromatic N) is 1. The lowest BCUT2D eigenvalue weighted by atomic mass is 10.3. The van der Waals surface area contributed by atoms with Crippen LogP contribution in [0, 0.1) is 0 Å². The van der Waals surface area contributed by atoms with Gasteiger partial charge in [0.15, 0.2) is 6.73 Å². The minimum Gasteiger partial charge on any atom is -0.444 e. The summed E-state index contributed by atoms with van der Waals surface area (Å²) in [6.45, 7) is 1.68. The molecule has 1 heterocycles. The Morgan fingerprint density at radius 3 is 2.87 bits per heavy atom. The molecule has 15 heavy (non-hydrogen) atoms. The van der Waals surface area contributed by atoms with Crippen LogP contribution in [0.2, 0.25) is 0 Å². The average Bonchev–Trinajstić information content (AvgIpc) is 2.17. The highest BCUT2D eigenvalue weighted by Crippen LogP contribution is 1.91. The van der Waals surface area contributed by atoms with Crippen LogP contribution in [0.1, 0.15) is 19.8 Å². The average molecular weight is 212 g/mol. The fourth-order valence-electron chi connectivity index (χ4n) is 0.964. The number of carbonyl (C=O) groups is 1. The Morgan fingerprint density at radius 2 is 2.27 bits per heavy atom. The lowest BCUT2D eigenvalue weighted by molar-refractivity contribution is -0.147. The molecule has 1 aromatic rings. The molecule has 6 nitrogen and oxygen atoms in total. The number of hydrogen-bond acceptors (Lipinski definition) is 4. The molecule has 0 radical (unpaired) electrons. The molecule has 0 aliphatic rings. The van der Waals surface area contributed by atoms with Gasteiger partial charge in [-0.3, -0.25) is 19.1 Å². The zero-order valence-electron chi connectivity index (χ0n) is 8.36. The van der Waals surface area contributed by atoms with Gasteiger partial charge >= 0.3 is 11.7 Å². The van der Waals surface area contributed by atoms with E-state index >= 15 is 0 Å². The Morgan fingerprint density at radius 1 is 1.53 bits per heavy atom. The summed E-state index contributed by atoms with van der Waals surface area (Å²) in [5.41, 5.74) is -1.07. The lowest BCUT2D eigenvalue weighted by Gasteiger charge is -2.05. The van der Waals surface area contributed by atoms with Crippen molar-refractivity contribution in [1.82, 2.24) is 9.55 Å². The normalized spacial score (nSPS) is 9.93. The largest absolute Gasteiger partial charge is 0.444 e. The van der Waals surface area contributed by atoms with Gasteiger partial charge in [0.05, 0.1) is 0 Å². The summed E-state index contributed by atoms with van der Waals surface area (Å²) in [4.78, 5) is 34.9. The third-order valence-electron chi connectivity index (χ3n) is 1.72. The molecule has 6 heteroatoms. The molecule has 0 atom stereocenters. The number of esters is 1. The van der Waals surface area contributed by atoms with Gasteiger partial charge in [-0.2, -0.15) is 0 Å². The van der Waals surface area contributed by atoms with Crippen LogP contribution in [0.3, 0.4) is 0 Å². The highest BCUT2D eigenvalue weighted by atomic mass is 16.5. The highest BCUT2D eigenvalue weighted by Gasteiger charge is 2.02. The molecule has 0 aliphatic heterocycles. The Hall–Kier alpha value is -1.85. The van der Waals surface area contributed by atoms with Crippen molar-refractivity contribution in [3.05, 3.63) is 33.1 Å². The van der Waals surface area contributed by atoms with Gasteiger partial charge in [-0.15, -0.1) is 0 Å². The molecule has 0 saturated heterocycles. The Kier molecular flexibility index (Phi) is 3.84. The van der Waals surface area contributed by atoms with E-state index in [9.17, 15) is 14.4 Å². The summed E-state index contributed by atoms with van der Waals surface area (Å²) in [5, 5.41) is 0. The van der Waals surface area contributed by atoms with Gasteiger partial charge in [0.1, 0.15) is 0 Å². The van der Waals surface area contributed by atoms with E-state index in [-0.39, 0.29) is 12.7 Å². The first-order valence-electron chi connectivity index (χ1n) is 4.59. The second-order valence-electron chi connectivity index (χ2n) is 2.98. The first kappa shape index (κ1) is 11.2. The van der Waals surface area contributed by atoms with E-state index in [0.717, 1.165) is 4.57 Å². The smallest absolute Gasteiger partial charge is 0.331 e. The van der Waals surface area contributed by atoms with Crippen LogP contribution in [0.4, 0.5) is 0 Å². The number of H-pyrrole nitrogens is 1. The van der Waals surface area contributed by atoms with Gasteiger partial charge in [-0.05, 0) is 6.42 Å². The molecule has 0 aliphatic carbocycles. The number of aromatic amines is 1. The van der Waals surface area contributed by atoms with Gasteiger partial charge in [0.25, 0.3) is 5.56 Å². The fourth-order valence-corrected chi connectivity index (χ4v) is 0.964. The first-order chi connectivity index (χ1) is 7.13. The van der Waals surface area contributed by atoms with Gasteiger partial charge in [0, 0.05) is 18.7 Å². The van der Waals surface area contributed by atoms with E-state index in [1.54, 1.807) is 0 Å². The van der Waals surface area contributed by atoms with Gasteiger partial charge in [-0.25, -0.2) is 4.79 Å². The van der Waals surface area contributed by atoms with Crippen molar-refractivity contribution in [2.24, 2.45) is 0 Å². The Balaban J connectivity index is 2.62. The van der Waals surface area contributed by atoms with E-state index in [0.29, 0.717) is 12.8 Å². The summed E-state index contributed by atoms with van der Waals surface area (Å²) < 4.78 is 5.90. The van der Waals surface area contributed by atoms with Crippen molar-refractivity contribution in [2.45, 2.75) is 26.5 Å². The van der Waals surface area contributed by atoms with Crippen molar-refractivity contribution < 1.29 is 9.53 Å². The fraction of sp³-hybridized carbons (Fsp3) is 0.444. The molecule has 0 saturated carbocycles. The van der Waals surface area contributed by atoms with Crippen LogP contribution in [-0.4, -0.2) is 15.5 Å². The van der Waals surface area contributed by atoms with Gasteiger partial charge in [-0.1, -0.05) is 6.92 Å². The Bertz CT molecular complexity index is 446. The molecule has 82 valence electrons. The topological polar surface area (TPSA) is 81.2 Å². The second-order valence-corrected chi connectivity index (χ2v) is 2.98. The summed E-state index contributed by atoms with van der Waals surface area (Å²) in [6.07, 6.45) is 2.29. The monoisotopic (exact) mass is 212 g/mol. The van der Waals surface area contributed by atoms with Crippen LogP contribution in [0.15, 0.2) is 21.9 Å². The van der Waals surface area contributed by atoms with Crippen molar-refractivity contribution in [1.29, 1.82) is 0 Å². The predicted molar refractivity (Wildman–Crippen MR) is 52.3 cm³/mol. The minimum atomic E-state index is -0.591. The van der Waals surface area contributed by atoms with Crippen LogP contribution in [0.25, 0.3) is 0 Å². The third kappa shape index (κ3) is 3.41. The summed E-state index contributed by atoms with van der Waals surface area (Å²) in [5.74, 6) is -0.365. The summed E-state index contributed by atoms with van der Waals surface area (Å²) >= 11 is 0. The van der Waals surface area contributed by atoms with E-state index < -0.39 is 11.2 Å². The maximum Gasteiger partial charge on any atom is 0.331 e. The minimum absolute atomic E-state index is 0.172. The lowest BCUT2D eigenvalue weighted by Crippen LogP contribution is -2.29. The number of ether oxygens (including phenoxy) is 1. The molecule has 0 amide bonds. The maximum atomic E-state index is 11.1. The summed E-state index contributed by atoms with van der Waals surface area (Å²) in [7, 11) is 0. The number of rotatable bonds is 4. The van der Waals surface area contributed by atoms with Crippen molar-refractivity contribution in [3.63, 3.8) is 0 Å². The molecule has 0 spiro atoms. The first-order valence-corrected chi connectivity index (χ1v) is 4.59. The Labute approximate surface area is 85.5 Å². The van der Waals surface area contributed by atoms with E-state index in [1.807, 2.05) is 6.92 Å². The SMILES string of the molecule is CCCC(=O)OCn1ccc(=O)[nH]c1=O. The predicted octanol–water partition coefficient (Wildman–Crippen LogP) is -0.163. The maximum absolute atomic E-state index is 11.1. The van der Waals surface area contributed by atoms with E-state index in [2.05, 4.69) is 4.98 Å². The van der Waals surface area contributed by atoms with Crippen molar-refractivity contribution in [3.8, 4) is 0 Å². The van der Waals surface area contributed by atoms with Crippen molar-refractivity contribution >= 4 is 5.97 Å². The van der Waals surface area contributed by atoms with E-state index in [4.69, 9.17) is 4.74 Å². The zero-order valence-corrected chi connectivity index (χ0v) is 8.36. The van der Waals surface area contributed by atoms with Crippen LogP contribution in [0.5, 0.6) is 0 Å². The molecular weight excluding hydrogens is 200 g/mol. The molecular formula is C9H12N2O4. The van der Waals surface area contributed by atoms with Gasteiger partial charge < -0.3 is 4.74 Å². The molecule has 0 bridgehead atoms. The number of nitrogens with one attached hydrogen (secondary N) is 1. The molecule has 0 fully saturated rings. The molecule has 1 N–H and O–H groups in total. The second kappa shape index (κ2) is 5.14. The molecule has 0 unspecified atom stereocenters. The summed E-state index contributed by atoms with van der Waals surface area (Å²) in [6, 6.07) is 1.19. The number of aromatic nitrogens is 2. The molecule has 1 rings (SSSR count). The standard InChI is InChI=1S/C9H12N2O4/c1-2-3-8(13)15-6-11-5-4-7(12)10-9(11)14/h4-5H,2-3,6H2,1H3,(H,10,12,14). The van der Waals surface area contributed by atoms with Crippen LogP contribution in [-0.2, 0) is 16.3 Å². The van der Waals surface area contributed by atoms with Crippen molar-refractivity contribution in [2.75, 3.05) is 0 Å².